The van der Waals surface area contributed by atoms with Crippen LogP contribution in [-0.4, -0.2) is 20.2 Å². The fourth-order valence-corrected chi connectivity index (χ4v) is 2.82. The van der Waals surface area contributed by atoms with Gasteiger partial charge in [0.25, 0.3) is 0 Å². The molecule has 0 aliphatic carbocycles. The molecule has 1 aromatic carbocycles. The molecule has 3 heterocycles. The first-order chi connectivity index (χ1) is 11.5. The van der Waals surface area contributed by atoms with E-state index in [9.17, 15) is 18.4 Å². The highest BCUT2D eigenvalue weighted by Gasteiger charge is 2.23. The highest BCUT2D eigenvalue weighted by molar-refractivity contribution is 6.10. The van der Waals surface area contributed by atoms with Crippen LogP contribution >= 0.6 is 0 Å². The molecular weight excluding hydrogens is 318 g/mol. The van der Waals surface area contributed by atoms with Crippen LogP contribution in [0.1, 0.15) is 5.56 Å². The predicted molar refractivity (Wildman–Crippen MR) is 84.9 cm³/mol. The summed E-state index contributed by atoms with van der Waals surface area (Å²) in [4.78, 5) is 30.3. The van der Waals surface area contributed by atoms with E-state index in [0.717, 1.165) is 0 Å². The van der Waals surface area contributed by atoms with Crippen molar-refractivity contribution < 1.29 is 8.78 Å². The van der Waals surface area contributed by atoms with Gasteiger partial charge in [-0.15, -0.1) is 0 Å². The number of fused-ring (bicyclic) bond motifs is 3. The number of aromatic nitrogens is 4. The van der Waals surface area contributed by atoms with Crippen molar-refractivity contribution in [2.75, 3.05) is 0 Å². The zero-order valence-electron chi connectivity index (χ0n) is 12.3. The van der Waals surface area contributed by atoms with Crippen LogP contribution in [0.2, 0.25) is 0 Å². The van der Waals surface area contributed by atoms with Crippen molar-refractivity contribution in [3.8, 4) is 11.3 Å². The molecule has 4 aromatic rings. The lowest BCUT2D eigenvalue weighted by Gasteiger charge is -2.10. The average Bonchev–Trinajstić information content (AvgIpc) is 3.04. The Labute approximate surface area is 132 Å². The number of aromatic amines is 3. The number of benzene rings is 1. The summed E-state index contributed by atoms with van der Waals surface area (Å²) in [5.41, 5.74) is -1.08. The van der Waals surface area contributed by atoms with Crippen molar-refractivity contribution in [3.63, 3.8) is 0 Å². The fourth-order valence-electron chi connectivity index (χ4n) is 2.82. The van der Waals surface area contributed by atoms with Gasteiger partial charge in [0, 0.05) is 45.7 Å². The zero-order chi connectivity index (χ0) is 17.0. The number of hydrogen-bond donors (Lipinski definition) is 3. The van der Waals surface area contributed by atoms with Gasteiger partial charge in [0.1, 0.15) is 5.82 Å². The molecule has 0 radical (unpaired) electrons. The topological polar surface area (TPSA) is 94.4 Å². The van der Waals surface area contributed by atoms with E-state index < -0.39 is 22.6 Å². The van der Waals surface area contributed by atoms with E-state index in [1.54, 1.807) is 0 Å². The molecule has 0 aliphatic heterocycles. The molecule has 0 fully saturated rings. The van der Waals surface area contributed by atoms with Crippen molar-refractivity contribution in [1.82, 2.24) is 20.2 Å². The predicted octanol–water partition coefficient (Wildman–Crippen LogP) is 2.35. The van der Waals surface area contributed by atoms with Crippen LogP contribution in [0.15, 0.2) is 34.1 Å². The van der Waals surface area contributed by atoms with E-state index in [1.807, 2.05) is 0 Å². The summed E-state index contributed by atoms with van der Waals surface area (Å²) in [7, 11) is 0. The average molecular weight is 328 g/mol. The molecule has 3 aromatic heterocycles. The monoisotopic (exact) mass is 328 g/mol. The summed E-state index contributed by atoms with van der Waals surface area (Å²) in [6.07, 6.45) is 2.79. The number of nitrogens with zero attached hydrogens (tertiary/aromatic N) is 1. The van der Waals surface area contributed by atoms with Crippen molar-refractivity contribution >= 4 is 21.8 Å². The minimum absolute atomic E-state index is 0.0824. The third-order valence-electron chi connectivity index (χ3n) is 4.00. The molecule has 0 amide bonds. The van der Waals surface area contributed by atoms with Crippen molar-refractivity contribution in [1.29, 1.82) is 0 Å². The van der Waals surface area contributed by atoms with Gasteiger partial charge in [0.15, 0.2) is 11.5 Å². The highest BCUT2D eigenvalue weighted by atomic mass is 19.1. The maximum absolute atomic E-state index is 14.8. The standard InChI is InChI=1S/C16H10F2N4O2/c1-6-12(17)11-10(13(18)15(6)24)8-5-20-22-16(8)21-14(11)7-2-3-19-9(23)4-7/h2-5H,1H3,(H,19,23)(H2,20,21,22). The maximum Gasteiger partial charge on any atom is 0.248 e. The summed E-state index contributed by atoms with van der Waals surface area (Å²) in [5.74, 6) is -1.89. The third kappa shape index (κ3) is 1.82. The van der Waals surface area contributed by atoms with Gasteiger partial charge in [-0.1, -0.05) is 0 Å². The van der Waals surface area contributed by atoms with Crippen molar-refractivity contribution in [3.05, 3.63) is 62.3 Å². The molecule has 4 rings (SSSR count). The molecule has 8 heteroatoms. The Hall–Kier alpha value is -3.29. The number of rotatable bonds is 1. The zero-order valence-corrected chi connectivity index (χ0v) is 12.3. The van der Waals surface area contributed by atoms with E-state index in [2.05, 4.69) is 20.2 Å². The Bertz CT molecular complexity index is 1240. The van der Waals surface area contributed by atoms with Crippen LogP contribution in [0.4, 0.5) is 8.78 Å². The molecule has 24 heavy (non-hydrogen) atoms. The molecular formula is C16H10F2N4O2. The quantitative estimate of drug-likeness (QED) is 0.500. The third-order valence-corrected chi connectivity index (χ3v) is 4.00. The summed E-state index contributed by atoms with van der Waals surface area (Å²) < 4.78 is 29.4. The summed E-state index contributed by atoms with van der Waals surface area (Å²) >= 11 is 0. The van der Waals surface area contributed by atoms with E-state index in [-0.39, 0.29) is 33.1 Å². The number of halogens is 2. The van der Waals surface area contributed by atoms with Gasteiger partial charge >= 0.3 is 0 Å². The molecule has 0 unspecified atom stereocenters. The number of pyridine rings is 2. The van der Waals surface area contributed by atoms with E-state index in [0.29, 0.717) is 5.56 Å². The number of H-pyrrole nitrogens is 3. The van der Waals surface area contributed by atoms with Crippen molar-refractivity contribution in [2.24, 2.45) is 0 Å². The summed E-state index contributed by atoms with van der Waals surface area (Å²) in [6, 6.07) is 2.76. The minimum Gasteiger partial charge on any atom is -0.329 e. The Balaban J connectivity index is 2.33. The second-order valence-corrected chi connectivity index (χ2v) is 5.41. The van der Waals surface area contributed by atoms with Gasteiger partial charge in [0.2, 0.25) is 11.0 Å². The second-order valence-electron chi connectivity index (χ2n) is 5.41. The van der Waals surface area contributed by atoms with Crippen LogP contribution in [-0.2, 0) is 0 Å². The van der Waals surface area contributed by atoms with Gasteiger partial charge in [-0.2, -0.15) is 0 Å². The van der Waals surface area contributed by atoms with Crippen LogP contribution in [0, 0.1) is 18.6 Å². The first-order valence-electron chi connectivity index (χ1n) is 7.05. The normalized spacial score (nSPS) is 11.5. The van der Waals surface area contributed by atoms with E-state index >= 15 is 0 Å². The lowest BCUT2D eigenvalue weighted by atomic mass is 9.99. The molecule has 0 saturated heterocycles. The fraction of sp³-hybridized carbons (Fsp3) is 0.0625. The number of nitrogens with one attached hydrogen (secondary N) is 3. The first-order valence-corrected chi connectivity index (χ1v) is 7.05. The molecule has 0 bridgehead atoms. The van der Waals surface area contributed by atoms with Crippen molar-refractivity contribution in [2.45, 2.75) is 6.92 Å². The van der Waals surface area contributed by atoms with Crippen LogP contribution in [0.3, 0.4) is 0 Å². The van der Waals surface area contributed by atoms with Gasteiger partial charge in [0.05, 0.1) is 5.69 Å². The van der Waals surface area contributed by atoms with E-state index in [4.69, 9.17) is 0 Å². The molecule has 0 aliphatic rings. The smallest absolute Gasteiger partial charge is 0.248 e. The first kappa shape index (κ1) is 14.3. The molecule has 0 saturated carbocycles. The van der Waals surface area contributed by atoms with Crippen LogP contribution < -0.4 is 11.0 Å². The Morgan fingerprint density at radius 1 is 1.12 bits per heavy atom. The molecule has 3 N–H and O–H groups in total. The SMILES string of the molecule is Cc1c(F)c2c(-c3cc[nH]c(=O)c3)nc3[nH][nH]cc3c2c(F)c1=O. The van der Waals surface area contributed by atoms with Gasteiger partial charge < -0.3 is 10.1 Å². The lowest BCUT2D eigenvalue weighted by molar-refractivity contribution is 0.601. The summed E-state index contributed by atoms with van der Waals surface area (Å²) in [5, 5.41) is 5.32. The minimum atomic E-state index is -1.05. The highest BCUT2D eigenvalue weighted by Crippen LogP contribution is 2.34. The van der Waals surface area contributed by atoms with Gasteiger partial charge in [-0.3, -0.25) is 14.7 Å². The van der Waals surface area contributed by atoms with Crippen LogP contribution in [0.5, 0.6) is 0 Å². The van der Waals surface area contributed by atoms with Gasteiger partial charge in [-0.25, -0.2) is 13.8 Å². The molecule has 0 atom stereocenters. The largest absolute Gasteiger partial charge is 0.329 e. The Morgan fingerprint density at radius 2 is 1.92 bits per heavy atom. The molecule has 6 nitrogen and oxygen atoms in total. The molecule has 120 valence electrons. The maximum atomic E-state index is 14.8. The molecule has 0 spiro atoms. The van der Waals surface area contributed by atoms with Gasteiger partial charge in [-0.05, 0) is 13.0 Å². The Kier molecular flexibility index (Phi) is 2.89. The van der Waals surface area contributed by atoms with E-state index in [1.165, 1.54) is 31.5 Å². The second kappa shape index (κ2) is 4.85. The number of hydrogen-bond acceptors (Lipinski definition) is 3. The lowest BCUT2D eigenvalue weighted by Crippen LogP contribution is -2.14. The Morgan fingerprint density at radius 3 is 2.67 bits per heavy atom. The van der Waals surface area contributed by atoms with Crippen LogP contribution in [0.25, 0.3) is 33.1 Å². The summed E-state index contributed by atoms with van der Waals surface area (Å²) in [6.45, 7) is 1.22.